The molecular weight excluding hydrogens is 346 g/mol. The number of aliphatic hydroxyl groups is 1. The van der Waals surface area contributed by atoms with Gasteiger partial charge in [-0.3, -0.25) is 0 Å². The number of rotatable bonds is 3. The first kappa shape index (κ1) is 22.3. The maximum Gasteiger partial charge on any atom is 0.123 e. The van der Waals surface area contributed by atoms with Gasteiger partial charge in [0.2, 0.25) is 0 Å². The van der Waals surface area contributed by atoms with Crippen molar-refractivity contribution >= 4 is 23.8 Å². The van der Waals surface area contributed by atoms with E-state index in [9.17, 15) is 10.2 Å². The van der Waals surface area contributed by atoms with Crippen molar-refractivity contribution in [1.82, 2.24) is 0 Å². The molecule has 0 bridgehead atoms. The lowest BCUT2D eigenvalue weighted by molar-refractivity contribution is 0.199. The Morgan fingerprint density at radius 1 is 0.846 bits per heavy atom. The number of hydrogen-bond donors (Lipinski definition) is 3. The molecule has 1 unspecified atom stereocenters. The molecule has 0 amide bonds. The van der Waals surface area contributed by atoms with Crippen LogP contribution in [-0.2, 0) is 10.8 Å². The molecule has 2 aromatic carbocycles. The lowest BCUT2D eigenvalue weighted by Gasteiger charge is -2.28. The summed E-state index contributed by atoms with van der Waals surface area (Å²) in [6, 6.07) is 11.8. The standard InChI is InChI=1S/C22H31NO2.ClH/c1-14(24)15-9-8-10-16(11-15)23-17-12-18(21(2,3)4)20(25)19(13-17)22(5,6)7;/h8-14,23-25H,1-7H3;1H. The first-order valence-corrected chi connectivity index (χ1v) is 8.82. The third kappa shape index (κ3) is 5.15. The van der Waals surface area contributed by atoms with E-state index in [1.807, 2.05) is 36.4 Å². The molecular formula is C22H32ClNO2. The summed E-state index contributed by atoms with van der Waals surface area (Å²) >= 11 is 0. The fourth-order valence-electron chi connectivity index (χ4n) is 2.89. The third-order valence-electron chi connectivity index (χ3n) is 4.38. The van der Waals surface area contributed by atoms with E-state index in [0.29, 0.717) is 5.75 Å². The highest BCUT2D eigenvalue weighted by Gasteiger charge is 2.26. The van der Waals surface area contributed by atoms with Gasteiger partial charge in [-0.15, -0.1) is 12.4 Å². The van der Waals surface area contributed by atoms with Crippen molar-refractivity contribution < 1.29 is 10.2 Å². The summed E-state index contributed by atoms with van der Waals surface area (Å²) in [4.78, 5) is 0. The molecule has 3 nitrogen and oxygen atoms in total. The number of benzene rings is 2. The van der Waals surface area contributed by atoms with Gasteiger partial charge in [-0.05, 0) is 47.6 Å². The first-order chi connectivity index (χ1) is 11.4. The zero-order valence-electron chi connectivity index (χ0n) is 16.8. The Kier molecular flexibility index (Phi) is 6.78. The Morgan fingerprint density at radius 3 is 1.77 bits per heavy atom. The van der Waals surface area contributed by atoms with E-state index in [1.54, 1.807) is 6.92 Å². The molecule has 3 N–H and O–H groups in total. The fourth-order valence-corrected chi connectivity index (χ4v) is 2.89. The molecule has 0 fully saturated rings. The molecule has 0 aliphatic heterocycles. The number of hydrogen-bond acceptors (Lipinski definition) is 3. The van der Waals surface area contributed by atoms with Crippen LogP contribution < -0.4 is 5.32 Å². The second-order valence-electron chi connectivity index (χ2n) is 8.85. The maximum atomic E-state index is 10.8. The van der Waals surface area contributed by atoms with Crippen molar-refractivity contribution in [1.29, 1.82) is 0 Å². The van der Waals surface area contributed by atoms with Crippen molar-refractivity contribution in [2.24, 2.45) is 0 Å². The number of aromatic hydroxyl groups is 1. The van der Waals surface area contributed by atoms with Gasteiger partial charge in [-0.2, -0.15) is 0 Å². The molecule has 0 aliphatic rings. The Labute approximate surface area is 163 Å². The number of aliphatic hydroxyl groups excluding tert-OH is 1. The first-order valence-electron chi connectivity index (χ1n) is 8.82. The SMILES string of the molecule is CC(O)c1cccc(Nc2cc(C(C)(C)C)c(O)c(C(C)(C)C)c2)c1.Cl. The van der Waals surface area contributed by atoms with Crippen molar-refractivity contribution in [3.8, 4) is 5.75 Å². The molecule has 26 heavy (non-hydrogen) atoms. The highest BCUT2D eigenvalue weighted by Crippen LogP contribution is 2.41. The minimum Gasteiger partial charge on any atom is -0.507 e. The van der Waals surface area contributed by atoms with Crippen molar-refractivity contribution in [2.45, 2.75) is 65.4 Å². The van der Waals surface area contributed by atoms with Crippen molar-refractivity contribution in [3.05, 3.63) is 53.1 Å². The summed E-state index contributed by atoms with van der Waals surface area (Å²) in [7, 11) is 0. The molecule has 0 radical (unpaired) electrons. The van der Waals surface area contributed by atoms with Crippen LogP contribution in [0.1, 0.15) is 71.3 Å². The van der Waals surface area contributed by atoms with E-state index in [-0.39, 0.29) is 23.2 Å². The van der Waals surface area contributed by atoms with Crippen molar-refractivity contribution in [2.75, 3.05) is 5.32 Å². The van der Waals surface area contributed by atoms with Crippen LogP contribution in [0.25, 0.3) is 0 Å². The fraction of sp³-hybridized carbons (Fsp3) is 0.455. The summed E-state index contributed by atoms with van der Waals surface area (Å²) in [5, 5.41) is 24.0. The van der Waals surface area contributed by atoms with Crippen LogP contribution >= 0.6 is 12.4 Å². The van der Waals surface area contributed by atoms with Gasteiger partial charge in [0.1, 0.15) is 5.75 Å². The number of phenols is 1. The highest BCUT2D eigenvalue weighted by atomic mass is 35.5. The van der Waals surface area contributed by atoms with Crippen LogP contribution in [0.15, 0.2) is 36.4 Å². The Bertz CT molecular complexity index is 720. The number of phenolic OH excluding ortho intramolecular Hbond substituents is 1. The lowest BCUT2D eigenvalue weighted by atomic mass is 9.79. The zero-order chi connectivity index (χ0) is 19.0. The molecule has 0 saturated heterocycles. The van der Waals surface area contributed by atoms with Gasteiger partial charge < -0.3 is 15.5 Å². The second kappa shape index (κ2) is 7.89. The largest absolute Gasteiger partial charge is 0.507 e. The average Bonchev–Trinajstić information content (AvgIpc) is 2.46. The molecule has 0 saturated carbocycles. The molecule has 0 aromatic heterocycles. The van der Waals surface area contributed by atoms with E-state index < -0.39 is 6.10 Å². The summed E-state index contributed by atoms with van der Waals surface area (Å²) in [6.07, 6.45) is -0.503. The quantitative estimate of drug-likeness (QED) is 0.557. The van der Waals surface area contributed by atoms with Gasteiger partial charge in [0.15, 0.2) is 0 Å². The van der Waals surface area contributed by atoms with Gasteiger partial charge in [-0.25, -0.2) is 0 Å². The average molecular weight is 378 g/mol. The van der Waals surface area contributed by atoms with Gasteiger partial charge in [0.25, 0.3) is 0 Å². The minimum absolute atomic E-state index is 0. The van der Waals surface area contributed by atoms with Crippen LogP contribution in [0, 0.1) is 0 Å². The normalized spacial score (nSPS) is 13.1. The van der Waals surface area contributed by atoms with Crippen LogP contribution in [0.3, 0.4) is 0 Å². The Hall–Kier alpha value is -1.71. The molecule has 0 aliphatic carbocycles. The van der Waals surface area contributed by atoms with E-state index in [2.05, 4.69) is 46.9 Å². The van der Waals surface area contributed by atoms with Crippen LogP contribution in [0.2, 0.25) is 0 Å². The number of nitrogens with one attached hydrogen (secondary N) is 1. The topological polar surface area (TPSA) is 52.5 Å². The van der Waals surface area contributed by atoms with Gasteiger partial charge >= 0.3 is 0 Å². The summed E-state index contributed by atoms with van der Waals surface area (Å²) in [5.41, 5.74) is 4.25. The number of halogens is 1. The molecule has 2 aromatic rings. The highest BCUT2D eigenvalue weighted by molar-refractivity contribution is 5.85. The van der Waals surface area contributed by atoms with Crippen LogP contribution in [-0.4, -0.2) is 10.2 Å². The second-order valence-corrected chi connectivity index (χ2v) is 8.85. The monoisotopic (exact) mass is 377 g/mol. The summed E-state index contributed by atoms with van der Waals surface area (Å²) in [6.45, 7) is 14.4. The predicted octanol–water partition coefficient (Wildman–Crippen LogP) is 6.21. The molecule has 2 rings (SSSR count). The third-order valence-corrected chi connectivity index (χ3v) is 4.38. The summed E-state index contributed by atoms with van der Waals surface area (Å²) < 4.78 is 0. The predicted molar refractivity (Wildman–Crippen MR) is 113 cm³/mol. The number of anilines is 2. The van der Waals surface area contributed by atoms with Gasteiger partial charge in [-0.1, -0.05) is 53.7 Å². The lowest BCUT2D eigenvalue weighted by Crippen LogP contribution is -2.17. The molecule has 4 heteroatoms. The minimum atomic E-state index is -0.503. The smallest absolute Gasteiger partial charge is 0.123 e. The Morgan fingerprint density at radius 2 is 1.35 bits per heavy atom. The molecule has 0 spiro atoms. The van der Waals surface area contributed by atoms with Crippen LogP contribution in [0.4, 0.5) is 11.4 Å². The van der Waals surface area contributed by atoms with E-state index in [1.165, 1.54) is 0 Å². The van der Waals surface area contributed by atoms with Crippen LogP contribution in [0.5, 0.6) is 5.75 Å². The van der Waals surface area contributed by atoms with E-state index in [4.69, 9.17) is 0 Å². The Balaban J connectivity index is 0.00000338. The van der Waals surface area contributed by atoms with Gasteiger partial charge in [0.05, 0.1) is 6.10 Å². The summed E-state index contributed by atoms with van der Waals surface area (Å²) in [5.74, 6) is 0.378. The van der Waals surface area contributed by atoms with E-state index >= 15 is 0 Å². The maximum absolute atomic E-state index is 10.8. The zero-order valence-corrected chi connectivity index (χ0v) is 17.7. The molecule has 1 atom stereocenters. The molecule has 0 heterocycles. The van der Waals surface area contributed by atoms with Gasteiger partial charge in [0, 0.05) is 22.5 Å². The van der Waals surface area contributed by atoms with Crippen molar-refractivity contribution in [3.63, 3.8) is 0 Å². The van der Waals surface area contributed by atoms with E-state index in [0.717, 1.165) is 28.1 Å². The molecule has 144 valence electrons.